The Morgan fingerprint density at radius 3 is 1.60 bits per heavy atom. The lowest BCUT2D eigenvalue weighted by Crippen LogP contribution is -1.10. The number of rotatable bonds is 0. The molecular formula is C4H5N. The minimum atomic E-state index is 1.43. The van der Waals surface area contributed by atoms with E-state index in [2.05, 4.69) is 12.8 Å². The molecule has 1 nitrogen and oxygen atoms in total. The molecular weight excluding hydrogens is 62.1 g/mol. The van der Waals surface area contributed by atoms with Crippen LogP contribution in [0.2, 0.25) is 0 Å². The van der Waals surface area contributed by atoms with Crippen molar-refractivity contribution in [1.29, 1.82) is 5.26 Å². The molecule has 0 fully saturated rings. The molecule has 0 spiro atoms. The minimum Gasteiger partial charge on any atom is -0.199 e. The van der Waals surface area contributed by atoms with Crippen molar-refractivity contribution in [2.45, 2.75) is 6.92 Å². The summed E-state index contributed by atoms with van der Waals surface area (Å²) in [7, 11) is 0. The van der Waals surface area contributed by atoms with Crippen LogP contribution in [-0.4, -0.2) is 0 Å². The van der Waals surface area contributed by atoms with Crippen LogP contribution in [0.5, 0.6) is 0 Å². The first kappa shape index (κ1) is 8.96. The van der Waals surface area contributed by atoms with Crippen molar-refractivity contribution in [3.05, 3.63) is 0 Å². The Balaban J connectivity index is 0. The zero-order chi connectivity index (χ0) is 4.71. The molecule has 0 amide bonds. The van der Waals surface area contributed by atoms with E-state index in [4.69, 9.17) is 5.26 Å². The molecule has 0 atom stereocenters. The third-order valence-electron chi connectivity index (χ3n) is 0. The van der Waals surface area contributed by atoms with Crippen LogP contribution in [0, 0.1) is 24.2 Å². The third-order valence-corrected chi connectivity index (χ3v) is 0. The van der Waals surface area contributed by atoms with E-state index in [0.717, 1.165) is 0 Å². The standard InChI is InChI=1S/C2H3N.C2H2/c1-2-3;1-2/h1H3;1-2H. The molecule has 0 aromatic carbocycles. The Morgan fingerprint density at radius 2 is 1.60 bits per heavy atom. The summed E-state index contributed by atoms with van der Waals surface area (Å²) >= 11 is 0. The summed E-state index contributed by atoms with van der Waals surface area (Å²) in [6, 6.07) is 1.75. The average molecular weight is 67.1 g/mol. The average Bonchev–Trinajstić information content (AvgIpc) is 1.46. The van der Waals surface area contributed by atoms with Crippen molar-refractivity contribution in [2.75, 3.05) is 0 Å². The first-order chi connectivity index (χ1) is 2.41. The first-order valence-electron chi connectivity index (χ1n) is 1.06. The Labute approximate surface area is 32.2 Å². The summed E-state index contributed by atoms with van der Waals surface area (Å²) in [6.07, 6.45) is 8.00. The lowest BCUT2D eigenvalue weighted by molar-refractivity contribution is 1.49. The summed E-state index contributed by atoms with van der Waals surface area (Å²) < 4.78 is 0. The molecule has 0 aliphatic carbocycles. The van der Waals surface area contributed by atoms with E-state index in [1.54, 1.807) is 6.07 Å². The van der Waals surface area contributed by atoms with Gasteiger partial charge in [0.05, 0.1) is 6.07 Å². The molecule has 26 valence electrons. The van der Waals surface area contributed by atoms with Crippen LogP contribution in [0.1, 0.15) is 6.92 Å². The van der Waals surface area contributed by atoms with Gasteiger partial charge in [-0.25, -0.2) is 0 Å². The molecule has 0 aliphatic rings. The van der Waals surface area contributed by atoms with Crippen molar-refractivity contribution in [1.82, 2.24) is 0 Å². The molecule has 0 heterocycles. The predicted octanol–water partition coefficient (Wildman–Crippen LogP) is 0.779. The number of nitriles is 1. The van der Waals surface area contributed by atoms with Gasteiger partial charge in [-0.05, 0) is 0 Å². The van der Waals surface area contributed by atoms with Gasteiger partial charge in [0, 0.05) is 6.92 Å². The van der Waals surface area contributed by atoms with E-state index in [-0.39, 0.29) is 0 Å². The lowest BCUT2D eigenvalue weighted by atomic mass is 11.0. The SMILES string of the molecule is C#C.CC#N. The highest BCUT2D eigenvalue weighted by Crippen LogP contribution is 1.21. The van der Waals surface area contributed by atoms with Gasteiger partial charge in [-0.1, -0.05) is 0 Å². The van der Waals surface area contributed by atoms with Gasteiger partial charge in [-0.3, -0.25) is 0 Å². The largest absolute Gasteiger partial charge is 0.199 e. The van der Waals surface area contributed by atoms with Crippen molar-refractivity contribution in [3.8, 4) is 18.9 Å². The number of hydrogen-bond acceptors (Lipinski definition) is 1. The number of hydrogen-bond donors (Lipinski definition) is 0. The molecule has 0 aliphatic heterocycles. The molecule has 0 bridgehead atoms. The molecule has 0 aromatic heterocycles. The van der Waals surface area contributed by atoms with Crippen LogP contribution in [-0.2, 0) is 0 Å². The van der Waals surface area contributed by atoms with E-state index in [9.17, 15) is 0 Å². The molecule has 0 radical (unpaired) electrons. The van der Waals surface area contributed by atoms with Crippen LogP contribution in [0.3, 0.4) is 0 Å². The first-order valence-corrected chi connectivity index (χ1v) is 1.06. The van der Waals surface area contributed by atoms with E-state index < -0.39 is 0 Å². The summed E-state index contributed by atoms with van der Waals surface area (Å²) in [5.41, 5.74) is 0. The van der Waals surface area contributed by atoms with E-state index >= 15 is 0 Å². The normalized spacial score (nSPS) is 2.00. The van der Waals surface area contributed by atoms with E-state index in [1.165, 1.54) is 6.92 Å². The fourth-order valence-electron chi connectivity index (χ4n) is 0. The molecule has 0 rings (SSSR count). The second-order valence-corrected chi connectivity index (χ2v) is 0.224. The Kier molecular flexibility index (Phi) is 9190. The highest BCUT2D eigenvalue weighted by Gasteiger charge is 1.17. The summed E-state index contributed by atoms with van der Waals surface area (Å²) in [5.74, 6) is 0. The van der Waals surface area contributed by atoms with Crippen LogP contribution in [0.15, 0.2) is 0 Å². The number of terminal acetylenes is 1. The maximum Gasteiger partial charge on any atom is 0.0587 e. The topological polar surface area (TPSA) is 23.8 Å². The Bertz CT molecular complexity index is 46.4. The quantitative estimate of drug-likeness (QED) is 0.384. The lowest BCUT2D eigenvalue weighted by Gasteiger charge is -1.15. The second-order valence-electron chi connectivity index (χ2n) is 0.224. The molecule has 0 unspecified atom stereocenters. The Hall–Kier alpha value is -0.950. The van der Waals surface area contributed by atoms with Crippen molar-refractivity contribution in [3.63, 3.8) is 0 Å². The third kappa shape index (κ3) is 3.73. The van der Waals surface area contributed by atoms with Gasteiger partial charge in [-0.15, -0.1) is 12.8 Å². The molecule has 0 aromatic rings. The maximum absolute atomic E-state index is 7.32. The molecule has 5 heavy (non-hydrogen) atoms. The Morgan fingerprint density at radius 1 is 1.60 bits per heavy atom. The van der Waals surface area contributed by atoms with Gasteiger partial charge in [0.2, 0.25) is 0 Å². The van der Waals surface area contributed by atoms with Gasteiger partial charge < -0.3 is 0 Å². The summed E-state index contributed by atoms with van der Waals surface area (Å²) in [6.45, 7) is 1.43. The van der Waals surface area contributed by atoms with Gasteiger partial charge in [-0.2, -0.15) is 5.26 Å². The van der Waals surface area contributed by atoms with E-state index in [1.807, 2.05) is 0 Å². The van der Waals surface area contributed by atoms with Crippen molar-refractivity contribution in [2.24, 2.45) is 0 Å². The van der Waals surface area contributed by atoms with Crippen LogP contribution >= 0.6 is 0 Å². The van der Waals surface area contributed by atoms with Gasteiger partial charge in [0.1, 0.15) is 0 Å². The molecule has 0 saturated carbocycles. The minimum absolute atomic E-state index is 1.43. The maximum atomic E-state index is 7.32. The monoisotopic (exact) mass is 67.0 g/mol. The highest BCUT2D eigenvalue weighted by molar-refractivity contribution is 4.51. The number of nitrogens with zero attached hydrogens (tertiary/aromatic N) is 1. The van der Waals surface area contributed by atoms with Gasteiger partial charge in [0.15, 0.2) is 0 Å². The fourth-order valence-corrected chi connectivity index (χ4v) is 0. The predicted molar refractivity (Wildman–Crippen MR) is 21.2 cm³/mol. The van der Waals surface area contributed by atoms with Crippen LogP contribution in [0.4, 0.5) is 0 Å². The fraction of sp³-hybridized carbons (Fsp3) is 0.250. The zero-order valence-electron chi connectivity index (χ0n) is 3.10. The van der Waals surface area contributed by atoms with Gasteiger partial charge in [0.25, 0.3) is 0 Å². The van der Waals surface area contributed by atoms with Crippen LogP contribution in [0.25, 0.3) is 0 Å². The molecule has 1 heteroatoms. The second kappa shape index (κ2) is 5130. The van der Waals surface area contributed by atoms with Gasteiger partial charge >= 0.3 is 0 Å². The summed E-state index contributed by atoms with van der Waals surface area (Å²) in [4.78, 5) is 0. The smallest absolute Gasteiger partial charge is 0.0587 e. The van der Waals surface area contributed by atoms with Crippen LogP contribution < -0.4 is 0 Å². The highest BCUT2D eigenvalue weighted by atomic mass is 14.2. The van der Waals surface area contributed by atoms with Crippen molar-refractivity contribution >= 4 is 0 Å². The molecule has 0 N–H and O–H groups in total. The molecule has 0 saturated heterocycles. The summed E-state index contributed by atoms with van der Waals surface area (Å²) in [5, 5.41) is 7.32. The van der Waals surface area contributed by atoms with Crippen molar-refractivity contribution < 1.29 is 0 Å². The zero-order valence-corrected chi connectivity index (χ0v) is 3.10. The van der Waals surface area contributed by atoms with E-state index in [0.29, 0.717) is 0 Å².